The molecule has 1 aromatic heterocycles. The maximum atomic E-state index is 11.0. The van der Waals surface area contributed by atoms with Crippen molar-refractivity contribution < 1.29 is 9.21 Å². The summed E-state index contributed by atoms with van der Waals surface area (Å²) < 4.78 is 5.32. The van der Waals surface area contributed by atoms with Crippen LogP contribution in [-0.2, 0) is 6.54 Å². The fraction of sp³-hybridized carbons (Fsp3) is 0.625. The predicted molar refractivity (Wildman–Crippen MR) is 88.7 cm³/mol. The lowest BCUT2D eigenvalue weighted by Crippen LogP contribution is -2.41. The average molecular weight is 308 g/mol. The molecule has 0 aliphatic rings. The van der Waals surface area contributed by atoms with Crippen molar-refractivity contribution in [1.82, 2.24) is 10.6 Å². The van der Waals surface area contributed by atoms with E-state index in [1.807, 2.05) is 0 Å². The van der Waals surface area contributed by atoms with Crippen LogP contribution in [0.2, 0.25) is 0 Å². The second-order valence-corrected chi connectivity index (χ2v) is 5.93. The molecule has 1 amide bonds. The summed E-state index contributed by atoms with van der Waals surface area (Å²) in [5, 5.41) is 6.51. The Labute approximate surface area is 132 Å². The van der Waals surface area contributed by atoms with E-state index in [9.17, 15) is 4.79 Å². The molecule has 22 heavy (non-hydrogen) atoms. The number of rotatable bonds is 8. The highest BCUT2D eigenvalue weighted by Gasteiger charge is 2.09. The first-order chi connectivity index (χ1) is 10.4. The minimum Gasteiger partial charge on any atom is -0.454 e. The number of hydrogen-bond donors (Lipinski definition) is 3. The molecule has 0 radical (unpaired) electrons. The van der Waals surface area contributed by atoms with Crippen molar-refractivity contribution in [1.29, 1.82) is 0 Å². The highest BCUT2D eigenvalue weighted by molar-refractivity contribution is 5.89. The standard InChI is InChI=1S/C16H28N4O2/c1-11(2)6-5-7-12(3)20-16(18-4)19-10-13-8-9-14(22-13)15(17)21/h8-9,11-12H,5-7,10H2,1-4H3,(H2,17,21)(H2,18,19,20). The van der Waals surface area contributed by atoms with Crippen molar-refractivity contribution in [2.24, 2.45) is 16.6 Å². The number of carbonyl (C=O) groups excluding carboxylic acids is 1. The van der Waals surface area contributed by atoms with Crippen LogP contribution < -0.4 is 16.4 Å². The Morgan fingerprint density at radius 3 is 2.59 bits per heavy atom. The van der Waals surface area contributed by atoms with E-state index in [0.29, 0.717) is 24.3 Å². The van der Waals surface area contributed by atoms with E-state index in [4.69, 9.17) is 10.2 Å². The zero-order valence-corrected chi connectivity index (χ0v) is 14.0. The number of nitrogens with zero attached hydrogens (tertiary/aromatic N) is 1. The summed E-state index contributed by atoms with van der Waals surface area (Å²) in [4.78, 5) is 15.2. The van der Waals surface area contributed by atoms with Crippen LogP contribution in [0.1, 0.15) is 56.3 Å². The molecule has 6 nitrogen and oxygen atoms in total. The Balaban J connectivity index is 2.36. The molecule has 0 aromatic carbocycles. The molecule has 1 aromatic rings. The molecule has 0 aliphatic carbocycles. The Morgan fingerprint density at radius 1 is 1.32 bits per heavy atom. The van der Waals surface area contributed by atoms with Crippen LogP contribution in [0.25, 0.3) is 0 Å². The summed E-state index contributed by atoms with van der Waals surface area (Å²) in [5.41, 5.74) is 5.15. The van der Waals surface area contributed by atoms with E-state index in [2.05, 4.69) is 36.4 Å². The maximum Gasteiger partial charge on any atom is 0.284 e. The highest BCUT2D eigenvalue weighted by atomic mass is 16.3. The molecule has 1 heterocycles. The van der Waals surface area contributed by atoms with E-state index in [1.54, 1.807) is 19.2 Å². The van der Waals surface area contributed by atoms with Crippen molar-refractivity contribution in [3.63, 3.8) is 0 Å². The molecule has 0 spiro atoms. The van der Waals surface area contributed by atoms with Crippen LogP contribution in [-0.4, -0.2) is 25.0 Å². The number of furan rings is 1. The van der Waals surface area contributed by atoms with Gasteiger partial charge in [-0.25, -0.2) is 0 Å². The molecular formula is C16H28N4O2. The van der Waals surface area contributed by atoms with Gasteiger partial charge in [-0.1, -0.05) is 26.7 Å². The van der Waals surface area contributed by atoms with Gasteiger partial charge in [-0.2, -0.15) is 0 Å². The smallest absolute Gasteiger partial charge is 0.284 e. The number of nitrogens with two attached hydrogens (primary N) is 1. The topological polar surface area (TPSA) is 92.6 Å². The number of amides is 1. The summed E-state index contributed by atoms with van der Waals surface area (Å²) >= 11 is 0. The third-order valence-corrected chi connectivity index (χ3v) is 3.36. The molecule has 0 aliphatic heterocycles. The molecular weight excluding hydrogens is 280 g/mol. The number of hydrogen-bond acceptors (Lipinski definition) is 3. The van der Waals surface area contributed by atoms with Crippen LogP contribution in [0.3, 0.4) is 0 Å². The SMILES string of the molecule is CN=C(NCc1ccc(C(N)=O)o1)NC(C)CCCC(C)C. The Bertz CT molecular complexity index is 494. The second kappa shape index (κ2) is 9.12. The van der Waals surface area contributed by atoms with Crippen molar-refractivity contribution in [2.75, 3.05) is 7.05 Å². The Hall–Kier alpha value is -1.98. The lowest BCUT2D eigenvalue weighted by molar-refractivity contribution is 0.0972. The van der Waals surface area contributed by atoms with Gasteiger partial charge in [0.2, 0.25) is 0 Å². The third-order valence-electron chi connectivity index (χ3n) is 3.36. The van der Waals surface area contributed by atoms with Crippen LogP contribution in [0, 0.1) is 5.92 Å². The number of primary amides is 1. The van der Waals surface area contributed by atoms with Crippen LogP contribution in [0.15, 0.2) is 21.5 Å². The second-order valence-electron chi connectivity index (χ2n) is 5.93. The van der Waals surface area contributed by atoms with Crippen LogP contribution in [0.4, 0.5) is 0 Å². The van der Waals surface area contributed by atoms with Gasteiger partial charge in [-0.3, -0.25) is 9.79 Å². The van der Waals surface area contributed by atoms with Gasteiger partial charge in [0.25, 0.3) is 5.91 Å². The van der Waals surface area contributed by atoms with Gasteiger partial charge >= 0.3 is 0 Å². The lowest BCUT2D eigenvalue weighted by Gasteiger charge is -2.18. The average Bonchev–Trinajstić information content (AvgIpc) is 2.92. The zero-order valence-electron chi connectivity index (χ0n) is 14.0. The number of guanidine groups is 1. The fourth-order valence-electron chi connectivity index (χ4n) is 2.11. The maximum absolute atomic E-state index is 11.0. The minimum absolute atomic E-state index is 0.168. The van der Waals surface area contributed by atoms with Gasteiger partial charge in [0.15, 0.2) is 11.7 Å². The fourth-order valence-corrected chi connectivity index (χ4v) is 2.11. The largest absolute Gasteiger partial charge is 0.454 e. The monoisotopic (exact) mass is 308 g/mol. The summed E-state index contributed by atoms with van der Waals surface area (Å²) in [6.45, 7) is 7.07. The van der Waals surface area contributed by atoms with Gasteiger partial charge in [0.05, 0.1) is 6.54 Å². The van der Waals surface area contributed by atoms with Crippen molar-refractivity contribution in [3.05, 3.63) is 23.7 Å². The molecule has 0 bridgehead atoms. The van der Waals surface area contributed by atoms with E-state index >= 15 is 0 Å². The molecule has 1 atom stereocenters. The van der Waals surface area contributed by atoms with E-state index in [0.717, 1.165) is 12.3 Å². The lowest BCUT2D eigenvalue weighted by atomic mass is 10.0. The third kappa shape index (κ3) is 6.65. The molecule has 0 saturated heterocycles. The molecule has 6 heteroatoms. The summed E-state index contributed by atoms with van der Waals surface area (Å²) in [6.07, 6.45) is 3.54. The Kier molecular flexibility index (Phi) is 7.49. The molecule has 1 unspecified atom stereocenters. The number of nitrogens with one attached hydrogen (secondary N) is 2. The zero-order chi connectivity index (χ0) is 16.5. The van der Waals surface area contributed by atoms with Gasteiger partial charge < -0.3 is 20.8 Å². The highest BCUT2D eigenvalue weighted by Crippen LogP contribution is 2.08. The van der Waals surface area contributed by atoms with Gasteiger partial charge in [-0.15, -0.1) is 0 Å². The van der Waals surface area contributed by atoms with Crippen LogP contribution in [0.5, 0.6) is 0 Å². The first-order valence-corrected chi connectivity index (χ1v) is 7.78. The van der Waals surface area contributed by atoms with E-state index in [-0.39, 0.29) is 5.76 Å². The van der Waals surface area contributed by atoms with E-state index in [1.165, 1.54) is 12.8 Å². The molecule has 1 rings (SSSR count). The first-order valence-electron chi connectivity index (χ1n) is 7.78. The molecule has 0 saturated carbocycles. The van der Waals surface area contributed by atoms with Crippen molar-refractivity contribution >= 4 is 11.9 Å². The van der Waals surface area contributed by atoms with Crippen molar-refractivity contribution in [3.8, 4) is 0 Å². The minimum atomic E-state index is -0.562. The van der Waals surface area contributed by atoms with Gasteiger partial charge in [0, 0.05) is 13.1 Å². The molecule has 4 N–H and O–H groups in total. The number of carbonyl (C=O) groups is 1. The first kappa shape index (κ1) is 18.1. The van der Waals surface area contributed by atoms with Crippen molar-refractivity contribution in [2.45, 2.75) is 52.6 Å². The van der Waals surface area contributed by atoms with E-state index < -0.39 is 5.91 Å². The van der Waals surface area contributed by atoms with Gasteiger partial charge in [-0.05, 0) is 31.4 Å². The Morgan fingerprint density at radius 2 is 2.05 bits per heavy atom. The molecule has 0 fully saturated rings. The summed E-state index contributed by atoms with van der Waals surface area (Å²) in [5.74, 6) is 1.70. The molecule has 124 valence electrons. The summed E-state index contributed by atoms with van der Waals surface area (Å²) in [7, 11) is 1.73. The summed E-state index contributed by atoms with van der Waals surface area (Å²) in [6, 6.07) is 3.65. The predicted octanol–water partition coefficient (Wildman–Crippen LogP) is 2.26. The van der Waals surface area contributed by atoms with Crippen LogP contribution >= 0.6 is 0 Å². The van der Waals surface area contributed by atoms with Gasteiger partial charge in [0.1, 0.15) is 5.76 Å². The quantitative estimate of drug-likeness (QED) is 0.507. The normalized spacial score (nSPS) is 13.2. The number of aliphatic imine (C=N–C) groups is 1.